The Morgan fingerprint density at radius 3 is 2.70 bits per heavy atom. The zero-order valence-corrected chi connectivity index (χ0v) is 14.1. The third-order valence-corrected chi connectivity index (χ3v) is 5.39. The van der Waals surface area contributed by atoms with Crippen LogP contribution in [0.3, 0.4) is 0 Å². The normalized spacial score (nSPS) is 12.4. The maximum absolute atomic E-state index is 12.5. The molecule has 1 atom stereocenters. The quantitative estimate of drug-likeness (QED) is 0.558. The van der Waals surface area contributed by atoms with E-state index >= 15 is 0 Å². The topological polar surface area (TPSA) is 83.0 Å². The summed E-state index contributed by atoms with van der Waals surface area (Å²) in [7, 11) is 0. The smallest absolute Gasteiger partial charge is 0.316 e. The number of nitrogens with one attached hydrogen (secondary N) is 1. The van der Waals surface area contributed by atoms with Crippen LogP contribution in [0.2, 0.25) is 0 Å². The summed E-state index contributed by atoms with van der Waals surface area (Å²) in [5.41, 5.74) is 1.63. The summed E-state index contributed by atoms with van der Waals surface area (Å²) >= 11 is 2.48. The number of hydrogen-bond acceptors (Lipinski definition) is 5. The first-order valence-corrected chi connectivity index (χ1v) is 8.65. The second-order valence-electron chi connectivity index (χ2n) is 5.05. The van der Waals surface area contributed by atoms with E-state index in [0.29, 0.717) is 15.4 Å². The molecule has 2 aromatic heterocycles. The number of aryl methyl sites for hydroxylation is 1. The van der Waals surface area contributed by atoms with Gasteiger partial charge in [0.05, 0.1) is 5.39 Å². The highest BCUT2D eigenvalue weighted by molar-refractivity contribution is 8.00. The molecule has 0 aliphatic rings. The molecule has 0 amide bonds. The number of aromatic amines is 1. The molecular weight excluding hydrogens is 332 g/mol. The Morgan fingerprint density at radius 2 is 2.04 bits per heavy atom. The Kier molecular flexibility index (Phi) is 4.23. The average molecular weight is 346 g/mol. The Bertz CT molecular complexity index is 932. The van der Waals surface area contributed by atoms with E-state index in [1.54, 1.807) is 6.92 Å². The maximum Gasteiger partial charge on any atom is 0.316 e. The number of carbonyl (C=O) groups is 1. The Hall–Kier alpha value is -2.12. The molecule has 23 heavy (non-hydrogen) atoms. The zero-order chi connectivity index (χ0) is 16.6. The number of thioether (sulfide) groups is 1. The number of nitrogens with zero attached hydrogens (tertiary/aromatic N) is 1. The predicted octanol–water partition coefficient (Wildman–Crippen LogP) is 3.53. The number of carboxylic acid groups (broad SMARTS) is 1. The van der Waals surface area contributed by atoms with E-state index in [-0.39, 0.29) is 5.56 Å². The molecule has 0 saturated heterocycles. The fourth-order valence-electron chi connectivity index (χ4n) is 2.33. The van der Waals surface area contributed by atoms with Gasteiger partial charge in [-0.1, -0.05) is 42.1 Å². The van der Waals surface area contributed by atoms with Gasteiger partial charge in [0.1, 0.15) is 10.1 Å². The Labute approximate surface area is 140 Å². The minimum absolute atomic E-state index is 0.238. The number of aliphatic carboxylic acids is 1. The molecule has 0 bridgehead atoms. The van der Waals surface area contributed by atoms with Gasteiger partial charge in [-0.05, 0) is 19.4 Å². The SMILES string of the molecule is Cc1sc2nc(SC(C)C(=O)O)[nH]c(=O)c2c1-c1ccccc1. The van der Waals surface area contributed by atoms with E-state index in [0.717, 1.165) is 27.8 Å². The van der Waals surface area contributed by atoms with E-state index in [1.807, 2.05) is 37.3 Å². The zero-order valence-electron chi connectivity index (χ0n) is 12.5. The lowest BCUT2D eigenvalue weighted by Crippen LogP contribution is -2.14. The third-order valence-electron chi connectivity index (χ3n) is 3.41. The summed E-state index contributed by atoms with van der Waals surface area (Å²) in [6.07, 6.45) is 0. The van der Waals surface area contributed by atoms with Crippen LogP contribution in [0, 0.1) is 6.92 Å². The molecule has 2 heterocycles. The van der Waals surface area contributed by atoms with Gasteiger partial charge in [0.25, 0.3) is 5.56 Å². The molecule has 3 rings (SSSR count). The molecule has 0 aliphatic heterocycles. The monoisotopic (exact) mass is 346 g/mol. The molecule has 1 aromatic carbocycles. The lowest BCUT2D eigenvalue weighted by Gasteiger charge is -2.05. The van der Waals surface area contributed by atoms with Crippen molar-refractivity contribution in [3.63, 3.8) is 0 Å². The van der Waals surface area contributed by atoms with E-state index in [2.05, 4.69) is 9.97 Å². The van der Waals surface area contributed by atoms with Gasteiger partial charge in [0.2, 0.25) is 0 Å². The highest BCUT2D eigenvalue weighted by Gasteiger charge is 2.19. The van der Waals surface area contributed by atoms with Crippen LogP contribution in [-0.2, 0) is 4.79 Å². The van der Waals surface area contributed by atoms with Gasteiger partial charge in [-0.2, -0.15) is 0 Å². The van der Waals surface area contributed by atoms with Crippen molar-refractivity contribution in [3.8, 4) is 11.1 Å². The van der Waals surface area contributed by atoms with Gasteiger partial charge >= 0.3 is 5.97 Å². The molecule has 0 radical (unpaired) electrons. The van der Waals surface area contributed by atoms with Crippen molar-refractivity contribution in [3.05, 3.63) is 45.6 Å². The average Bonchev–Trinajstić information content (AvgIpc) is 2.84. The van der Waals surface area contributed by atoms with Crippen LogP contribution in [0.4, 0.5) is 0 Å². The van der Waals surface area contributed by atoms with Crippen LogP contribution in [0.5, 0.6) is 0 Å². The van der Waals surface area contributed by atoms with E-state index in [1.165, 1.54) is 11.3 Å². The molecule has 1 unspecified atom stereocenters. The fourth-order valence-corrected chi connectivity index (χ4v) is 4.16. The van der Waals surface area contributed by atoms with E-state index in [9.17, 15) is 9.59 Å². The van der Waals surface area contributed by atoms with Gasteiger partial charge in [-0.15, -0.1) is 11.3 Å². The van der Waals surface area contributed by atoms with E-state index < -0.39 is 11.2 Å². The Balaban J connectivity index is 2.15. The standard InChI is InChI=1S/C16H14N2O3S2/c1-8-11(10-6-4-3-5-7-10)12-13(19)17-16(18-14(12)22-8)23-9(2)15(20)21/h3-7,9H,1-2H3,(H,20,21)(H,17,18,19). The van der Waals surface area contributed by atoms with Crippen LogP contribution in [0.25, 0.3) is 21.3 Å². The lowest BCUT2D eigenvalue weighted by atomic mass is 10.0. The molecule has 0 saturated carbocycles. The number of hydrogen-bond donors (Lipinski definition) is 2. The second kappa shape index (κ2) is 6.17. The highest BCUT2D eigenvalue weighted by atomic mass is 32.2. The van der Waals surface area contributed by atoms with Crippen molar-refractivity contribution in [2.75, 3.05) is 0 Å². The molecule has 0 spiro atoms. The van der Waals surface area contributed by atoms with Crippen LogP contribution in [-0.4, -0.2) is 26.3 Å². The predicted molar refractivity (Wildman–Crippen MR) is 93.4 cm³/mol. The summed E-state index contributed by atoms with van der Waals surface area (Å²) in [5, 5.41) is 9.20. The van der Waals surface area contributed by atoms with Crippen molar-refractivity contribution in [1.82, 2.24) is 9.97 Å². The van der Waals surface area contributed by atoms with Crippen LogP contribution < -0.4 is 5.56 Å². The van der Waals surface area contributed by atoms with Gasteiger partial charge in [0, 0.05) is 10.4 Å². The van der Waals surface area contributed by atoms with Crippen molar-refractivity contribution >= 4 is 39.3 Å². The number of H-pyrrole nitrogens is 1. The first-order valence-electron chi connectivity index (χ1n) is 6.95. The number of thiophene rings is 1. The molecule has 0 fully saturated rings. The van der Waals surface area contributed by atoms with Gasteiger partial charge in [0.15, 0.2) is 5.16 Å². The molecule has 2 N–H and O–H groups in total. The van der Waals surface area contributed by atoms with Crippen LogP contribution in [0.1, 0.15) is 11.8 Å². The van der Waals surface area contributed by atoms with Crippen molar-refractivity contribution in [2.45, 2.75) is 24.3 Å². The first-order chi connectivity index (χ1) is 11.0. The number of benzene rings is 1. The fraction of sp³-hybridized carbons (Fsp3) is 0.188. The van der Waals surface area contributed by atoms with Gasteiger partial charge in [-0.3, -0.25) is 9.59 Å². The van der Waals surface area contributed by atoms with Crippen LogP contribution >= 0.6 is 23.1 Å². The number of carboxylic acids is 1. The summed E-state index contributed by atoms with van der Waals surface area (Å²) < 4.78 is 0. The molecule has 118 valence electrons. The summed E-state index contributed by atoms with van der Waals surface area (Å²) in [6, 6.07) is 9.71. The number of fused-ring (bicyclic) bond motifs is 1. The number of aromatic nitrogens is 2. The number of rotatable bonds is 4. The van der Waals surface area contributed by atoms with Gasteiger partial charge in [-0.25, -0.2) is 4.98 Å². The van der Waals surface area contributed by atoms with Crippen molar-refractivity contribution in [2.24, 2.45) is 0 Å². The molecule has 3 aromatic rings. The molecule has 5 nitrogen and oxygen atoms in total. The largest absolute Gasteiger partial charge is 0.480 e. The van der Waals surface area contributed by atoms with Crippen molar-refractivity contribution in [1.29, 1.82) is 0 Å². The summed E-state index contributed by atoms with van der Waals surface area (Å²) in [5.74, 6) is -0.940. The molecular formula is C16H14N2O3S2. The lowest BCUT2D eigenvalue weighted by molar-refractivity contribution is -0.136. The van der Waals surface area contributed by atoms with E-state index in [4.69, 9.17) is 5.11 Å². The van der Waals surface area contributed by atoms with Crippen molar-refractivity contribution < 1.29 is 9.90 Å². The first kappa shape index (κ1) is 15.8. The van der Waals surface area contributed by atoms with Gasteiger partial charge < -0.3 is 10.1 Å². The molecule has 7 heteroatoms. The highest BCUT2D eigenvalue weighted by Crippen LogP contribution is 2.36. The minimum atomic E-state index is -0.940. The summed E-state index contributed by atoms with van der Waals surface area (Å²) in [6.45, 7) is 3.52. The van der Waals surface area contributed by atoms with Crippen LogP contribution in [0.15, 0.2) is 40.3 Å². The second-order valence-corrected chi connectivity index (χ2v) is 7.58. The minimum Gasteiger partial charge on any atom is -0.480 e. The molecule has 0 aliphatic carbocycles. The maximum atomic E-state index is 12.5. The third kappa shape index (κ3) is 3.02. The summed E-state index contributed by atoms with van der Waals surface area (Å²) in [4.78, 5) is 32.2. The Morgan fingerprint density at radius 1 is 1.35 bits per heavy atom.